The van der Waals surface area contributed by atoms with Crippen LogP contribution in [0.3, 0.4) is 0 Å². The van der Waals surface area contributed by atoms with E-state index in [0.717, 1.165) is 26.2 Å². The van der Waals surface area contributed by atoms with Crippen LogP contribution in [0.1, 0.15) is 24.1 Å². The highest BCUT2D eigenvalue weighted by molar-refractivity contribution is 5.43. The van der Waals surface area contributed by atoms with Crippen LogP contribution in [-0.4, -0.2) is 31.2 Å². The summed E-state index contributed by atoms with van der Waals surface area (Å²) in [7, 11) is 0. The highest BCUT2D eigenvalue weighted by Crippen LogP contribution is 2.23. The summed E-state index contributed by atoms with van der Waals surface area (Å²) in [4.78, 5) is 7.23. The first kappa shape index (κ1) is 10.1. The minimum absolute atomic E-state index is 1.08. The molecule has 1 aromatic rings. The Bertz CT molecular complexity index is 367. The van der Waals surface area contributed by atoms with Crippen molar-refractivity contribution in [2.45, 2.75) is 25.7 Å². The number of hydrogen-bond donors (Lipinski definition) is 1. The monoisotopic (exact) mass is 217 g/mol. The van der Waals surface area contributed by atoms with Crippen LogP contribution >= 0.6 is 0 Å². The molecule has 0 unspecified atom stereocenters. The maximum Gasteiger partial charge on any atom is 0.128 e. The largest absolute Gasteiger partial charge is 0.355 e. The average Bonchev–Trinajstić information content (AvgIpc) is 2.61. The van der Waals surface area contributed by atoms with Gasteiger partial charge in [-0.2, -0.15) is 0 Å². The second-order valence-corrected chi connectivity index (χ2v) is 4.72. The van der Waals surface area contributed by atoms with Gasteiger partial charge in [-0.05, 0) is 43.9 Å². The topological polar surface area (TPSA) is 28.2 Å². The number of nitrogens with one attached hydrogen (secondary N) is 1. The van der Waals surface area contributed by atoms with E-state index in [2.05, 4.69) is 22.3 Å². The van der Waals surface area contributed by atoms with Gasteiger partial charge >= 0.3 is 0 Å². The van der Waals surface area contributed by atoms with E-state index >= 15 is 0 Å². The second-order valence-electron chi connectivity index (χ2n) is 4.72. The maximum atomic E-state index is 4.82. The molecular formula is C13H19N3. The molecule has 2 aliphatic rings. The van der Waals surface area contributed by atoms with Gasteiger partial charge in [-0.25, -0.2) is 4.98 Å². The molecule has 1 aliphatic heterocycles. The van der Waals surface area contributed by atoms with E-state index in [0.29, 0.717) is 0 Å². The van der Waals surface area contributed by atoms with Crippen molar-refractivity contribution in [3.05, 3.63) is 23.4 Å². The summed E-state index contributed by atoms with van der Waals surface area (Å²) in [5.41, 5.74) is 2.81. The van der Waals surface area contributed by atoms with E-state index < -0.39 is 0 Å². The molecule has 1 saturated heterocycles. The highest BCUT2D eigenvalue weighted by atomic mass is 15.2. The number of aromatic nitrogens is 1. The minimum Gasteiger partial charge on any atom is -0.355 e. The number of rotatable bonds is 1. The van der Waals surface area contributed by atoms with Crippen molar-refractivity contribution in [3.8, 4) is 0 Å². The Kier molecular flexibility index (Phi) is 2.79. The lowest BCUT2D eigenvalue weighted by Gasteiger charge is -2.21. The molecule has 86 valence electrons. The van der Waals surface area contributed by atoms with Gasteiger partial charge < -0.3 is 10.2 Å². The summed E-state index contributed by atoms with van der Waals surface area (Å²) >= 11 is 0. The van der Waals surface area contributed by atoms with Crippen molar-refractivity contribution in [1.82, 2.24) is 10.3 Å². The van der Waals surface area contributed by atoms with E-state index in [4.69, 9.17) is 4.98 Å². The predicted octanol–water partition coefficient (Wildman–Crippen LogP) is 1.37. The third-order valence-corrected chi connectivity index (χ3v) is 3.58. The maximum absolute atomic E-state index is 4.82. The number of fused-ring (bicyclic) bond motifs is 1. The predicted molar refractivity (Wildman–Crippen MR) is 66.0 cm³/mol. The van der Waals surface area contributed by atoms with Gasteiger partial charge in [0, 0.05) is 25.3 Å². The molecular weight excluding hydrogens is 198 g/mol. The highest BCUT2D eigenvalue weighted by Gasteiger charge is 2.16. The first-order valence-corrected chi connectivity index (χ1v) is 6.38. The van der Waals surface area contributed by atoms with E-state index in [1.807, 2.05) is 0 Å². The van der Waals surface area contributed by atoms with E-state index in [9.17, 15) is 0 Å². The van der Waals surface area contributed by atoms with Gasteiger partial charge in [0.15, 0.2) is 0 Å². The molecule has 0 amide bonds. The van der Waals surface area contributed by atoms with Gasteiger partial charge in [0.2, 0.25) is 0 Å². The Morgan fingerprint density at radius 1 is 1.06 bits per heavy atom. The quantitative estimate of drug-likeness (QED) is 0.770. The molecule has 3 nitrogen and oxygen atoms in total. The Morgan fingerprint density at radius 3 is 3.06 bits per heavy atom. The zero-order valence-electron chi connectivity index (χ0n) is 9.71. The van der Waals surface area contributed by atoms with E-state index in [1.165, 1.54) is 42.8 Å². The third-order valence-electron chi connectivity index (χ3n) is 3.58. The molecule has 0 saturated carbocycles. The smallest absolute Gasteiger partial charge is 0.128 e. The van der Waals surface area contributed by atoms with Crippen LogP contribution in [0.25, 0.3) is 0 Å². The fourth-order valence-electron chi connectivity index (χ4n) is 2.66. The van der Waals surface area contributed by atoms with Gasteiger partial charge in [0.1, 0.15) is 5.82 Å². The summed E-state index contributed by atoms with van der Waals surface area (Å²) in [5.74, 6) is 1.18. The summed E-state index contributed by atoms with van der Waals surface area (Å²) in [6.45, 7) is 4.45. The van der Waals surface area contributed by atoms with Crippen LogP contribution < -0.4 is 10.2 Å². The summed E-state index contributed by atoms with van der Waals surface area (Å²) in [6.07, 6.45) is 4.91. The summed E-state index contributed by atoms with van der Waals surface area (Å²) < 4.78 is 0. The van der Waals surface area contributed by atoms with Crippen LogP contribution in [-0.2, 0) is 12.8 Å². The number of nitrogens with zero attached hydrogens (tertiary/aromatic N) is 2. The van der Waals surface area contributed by atoms with Crippen molar-refractivity contribution in [3.63, 3.8) is 0 Å². The average molecular weight is 217 g/mol. The van der Waals surface area contributed by atoms with Crippen molar-refractivity contribution in [2.24, 2.45) is 0 Å². The molecule has 3 heteroatoms. The molecule has 1 aliphatic carbocycles. The lowest BCUT2D eigenvalue weighted by molar-refractivity contribution is 0.724. The summed E-state index contributed by atoms with van der Waals surface area (Å²) in [5, 5.41) is 3.43. The van der Waals surface area contributed by atoms with Crippen LogP contribution in [0, 0.1) is 0 Å². The van der Waals surface area contributed by atoms with E-state index in [1.54, 1.807) is 0 Å². The number of anilines is 1. The van der Waals surface area contributed by atoms with Gasteiger partial charge in [-0.3, -0.25) is 0 Å². The lowest BCUT2D eigenvalue weighted by Crippen LogP contribution is -2.28. The lowest BCUT2D eigenvalue weighted by atomic mass is 10.2. The van der Waals surface area contributed by atoms with Crippen molar-refractivity contribution in [2.75, 3.05) is 31.1 Å². The molecule has 0 radical (unpaired) electrons. The molecule has 16 heavy (non-hydrogen) atoms. The molecule has 1 N–H and O–H groups in total. The minimum atomic E-state index is 1.08. The first-order chi connectivity index (χ1) is 7.93. The van der Waals surface area contributed by atoms with Crippen LogP contribution in [0.2, 0.25) is 0 Å². The van der Waals surface area contributed by atoms with Gasteiger partial charge in [-0.15, -0.1) is 0 Å². The zero-order chi connectivity index (χ0) is 10.8. The van der Waals surface area contributed by atoms with E-state index in [-0.39, 0.29) is 0 Å². The number of aryl methyl sites for hydroxylation is 2. The Labute approximate surface area is 96.9 Å². The van der Waals surface area contributed by atoms with Crippen molar-refractivity contribution in [1.29, 1.82) is 0 Å². The first-order valence-electron chi connectivity index (χ1n) is 6.38. The van der Waals surface area contributed by atoms with Gasteiger partial charge in [-0.1, -0.05) is 6.07 Å². The number of pyridine rings is 1. The third kappa shape index (κ3) is 1.92. The SMILES string of the molecule is c1cc2c(nc1N1CCCNCC1)CCC2. The van der Waals surface area contributed by atoms with Crippen molar-refractivity contribution < 1.29 is 0 Å². The van der Waals surface area contributed by atoms with Crippen LogP contribution in [0.5, 0.6) is 0 Å². The zero-order valence-corrected chi connectivity index (χ0v) is 9.71. The number of hydrogen-bond acceptors (Lipinski definition) is 3. The molecule has 0 spiro atoms. The fourth-order valence-corrected chi connectivity index (χ4v) is 2.66. The van der Waals surface area contributed by atoms with Crippen molar-refractivity contribution >= 4 is 5.82 Å². The molecule has 0 aromatic carbocycles. The van der Waals surface area contributed by atoms with Crippen LogP contribution in [0.4, 0.5) is 5.82 Å². The Balaban J connectivity index is 1.82. The van der Waals surface area contributed by atoms with Crippen LogP contribution in [0.15, 0.2) is 12.1 Å². The molecule has 1 aromatic heterocycles. The Hall–Kier alpha value is -1.09. The molecule has 3 rings (SSSR count). The normalized spacial score (nSPS) is 20.6. The molecule has 1 fully saturated rings. The molecule has 0 bridgehead atoms. The second kappa shape index (κ2) is 4.42. The molecule has 0 atom stereocenters. The van der Waals surface area contributed by atoms with Gasteiger partial charge in [0.25, 0.3) is 0 Å². The molecule has 2 heterocycles. The summed E-state index contributed by atoms with van der Waals surface area (Å²) in [6, 6.07) is 4.48. The van der Waals surface area contributed by atoms with Gasteiger partial charge in [0.05, 0.1) is 0 Å². The standard InChI is InChI=1S/C13H19N3/c1-3-11-5-6-13(15-12(11)4-1)16-9-2-7-14-8-10-16/h5-6,14H,1-4,7-10H2. The fraction of sp³-hybridized carbons (Fsp3) is 0.615. The Morgan fingerprint density at radius 2 is 2.06 bits per heavy atom.